The lowest BCUT2D eigenvalue weighted by Gasteiger charge is -2.34. The number of amides is 1. The molecule has 1 amide bonds. The van der Waals surface area contributed by atoms with Crippen molar-refractivity contribution in [2.75, 3.05) is 33.3 Å². The number of hydrogen-bond donors (Lipinski definition) is 0. The van der Waals surface area contributed by atoms with Crippen LogP contribution in [0.2, 0.25) is 0 Å². The van der Waals surface area contributed by atoms with Crippen LogP contribution in [0.25, 0.3) is 10.6 Å². The number of thiazole rings is 1. The van der Waals surface area contributed by atoms with E-state index < -0.39 is 0 Å². The maximum Gasteiger partial charge on any atom is 0.228 e. The first-order valence-electron chi connectivity index (χ1n) is 9.32. The fourth-order valence-electron chi connectivity index (χ4n) is 3.30. The predicted molar refractivity (Wildman–Crippen MR) is 114 cm³/mol. The maximum atomic E-state index is 12.7. The molecule has 0 N–H and O–H groups in total. The Labute approximate surface area is 173 Å². The predicted octanol–water partition coefficient (Wildman–Crippen LogP) is 3.77. The van der Waals surface area contributed by atoms with E-state index in [9.17, 15) is 4.79 Å². The van der Waals surface area contributed by atoms with Crippen LogP contribution in [0, 0.1) is 0 Å². The molecule has 146 valence electrons. The van der Waals surface area contributed by atoms with Gasteiger partial charge in [0.25, 0.3) is 0 Å². The van der Waals surface area contributed by atoms with Gasteiger partial charge in [0.15, 0.2) is 0 Å². The number of rotatable bonds is 6. The number of hydrogen-bond acceptors (Lipinski definition) is 6. The highest BCUT2D eigenvalue weighted by Crippen LogP contribution is 2.26. The van der Waals surface area contributed by atoms with Crippen LogP contribution in [0.4, 0.5) is 0 Å². The minimum absolute atomic E-state index is 0.169. The Bertz CT molecular complexity index is 898. The molecular formula is C21H23N3O2S2. The third kappa shape index (κ3) is 4.60. The third-order valence-corrected chi connectivity index (χ3v) is 6.71. The van der Waals surface area contributed by atoms with Crippen LogP contribution in [0.1, 0.15) is 10.6 Å². The van der Waals surface area contributed by atoms with Gasteiger partial charge in [0.05, 0.1) is 19.2 Å². The summed E-state index contributed by atoms with van der Waals surface area (Å²) in [6.07, 6.45) is 0.373. The molecule has 0 unspecified atom stereocenters. The van der Waals surface area contributed by atoms with E-state index in [2.05, 4.69) is 27.4 Å². The molecule has 0 bridgehead atoms. The Morgan fingerprint density at radius 2 is 1.89 bits per heavy atom. The van der Waals surface area contributed by atoms with Crippen molar-refractivity contribution in [3.05, 3.63) is 57.7 Å². The quantitative estimate of drug-likeness (QED) is 0.617. The first-order chi connectivity index (χ1) is 13.7. The van der Waals surface area contributed by atoms with E-state index in [0.717, 1.165) is 54.7 Å². The Balaban J connectivity index is 1.30. The minimum atomic E-state index is 0.169. The molecule has 0 radical (unpaired) electrons. The molecule has 1 saturated heterocycles. The molecule has 3 heterocycles. The van der Waals surface area contributed by atoms with Gasteiger partial charge >= 0.3 is 0 Å². The first kappa shape index (κ1) is 19.1. The van der Waals surface area contributed by atoms with Gasteiger partial charge in [0.2, 0.25) is 5.91 Å². The second-order valence-corrected chi connectivity index (χ2v) is 8.68. The van der Waals surface area contributed by atoms with E-state index in [1.807, 2.05) is 34.5 Å². The molecule has 0 aliphatic carbocycles. The summed E-state index contributed by atoms with van der Waals surface area (Å²) >= 11 is 3.37. The van der Waals surface area contributed by atoms with Crippen LogP contribution in [0.3, 0.4) is 0 Å². The summed E-state index contributed by atoms with van der Waals surface area (Å²) < 4.78 is 5.20. The summed E-state index contributed by atoms with van der Waals surface area (Å²) in [5.41, 5.74) is 1.90. The lowest BCUT2D eigenvalue weighted by atomic mass is 10.2. The number of piperazine rings is 1. The normalized spacial score (nSPS) is 15.0. The van der Waals surface area contributed by atoms with Crippen molar-refractivity contribution in [3.63, 3.8) is 0 Å². The Morgan fingerprint density at radius 3 is 2.57 bits per heavy atom. The monoisotopic (exact) mass is 413 g/mol. The molecule has 1 fully saturated rings. The van der Waals surface area contributed by atoms with Gasteiger partial charge in [-0.15, -0.1) is 22.7 Å². The molecule has 0 atom stereocenters. The van der Waals surface area contributed by atoms with E-state index in [4.69, 9.17) is 4.74 Å². The van der Waals surface area contributed by atoms with Gasteiger partial charge < -0.3 is 9.64 Å². The number of aromatic nitrogens is 1. The highest BCUT2D eigenvalue weighted by molar-refractivity contribution is 7.13. The topological polar surface area (TPSA) is 45.7 Å². The van der Waals surface area contributed by atoms with Gasteiger partial charge in [0, 0.05) is 48.5 Å². The molecule has 1 aliphatic rings. The molecule has 1 aromatic carbocycles. The molecule has 28 heavy (non-hydrogen) atoms. The molecule has 1 aliphatic heterocycles. The number of methoxy groups -OCH3 is 1. The van der Waals surface area contributed by atoms with Gasteiger partial charge in [-0.3, -0.25) is 9.69 Å². The lowest BCUT2D eigenvalue weighted by molar-refractivity contribution is -0.132. The molecule has 0 spiro atoms. The van der Waals surface area contributed by atoms with Gasteiger partial charge in [-0.2, -0.15) is 0 Å². The zero-order valence-corrected chi connectivity index (χ0v) is 17.5. The molecule has 0 saturated carbocycles. The Hall–Kier alpha value is -2.22. The highest BCUT2D eigenvalue weighted by Gasteiger charge is 2.22. The van der Waals surface area contributed by atoms with Crippen molar-refractivity contribution >= 4 is 28.6 Å². The second-order valence-electron chi connectivity index (χ2n) is 6.79. The number of thiophene rings is 1. The van der Waals surface area contributed by atoms with Crippen LogP contribution in [-0.2, 0) is 17.8 Å². The van der Waals surface area contributed by atoms with E-state index in [0.29, 0.717) is 6.42 Å². The number of carbonyl (C=O) groups excluding carboxylic acids is 1. The van der Waals surface area contributed by atoms with E-state index >= 15 is 0 Å². The zero-order chi connectivity index (χ0) is 19.3. The lowest BCUT2D eigenvalue weighted by Crippen LogP contribution is -2.48. The summed E-state index contributed by atoms with van der Waals surface area (Å²) in [4.78, 5) is 23.1. The standard InChI is InChI=1S/C21H23N3O2S2/c1-26-18-6-4-16(5-7-18)21-22-17(15-28-21)13-20(25)24-10-8-23(9-11-24)14-19-3-2-12-27-19/h2-7,12,15H,8-11,13-14H2,1H3. The molecule has 3 aromatic rings. The van der Waals surface area contributed by atoms with Gasteiger partial charge in [-0.1, -0.05) is 6.07 Å². The van der Waals surface area contributed by atoms with Crippen molar-refractivity contribution in [1.82, 2.24) is 14.8 Å². The van der Waals surface area contributed by atoms with E-state index in [1.54, 1.807) is 29.8 Å². The summed E-state index contributed by atoms with van der Waals surface area (Å²) in [7, 11) is 1.66. The fraction of sp³-hybridized carbons (Fsp3) is 0.333. The van der Waals surface area contributed by atoms with Gasteiger partial charge in [0.1, 0.15) is 10.8 Å². The Kier molecular flexibility index (Phi) is 6.04. The summed E-state index contributed by atoms with van der Waals surface area (Å²) in [5, 5.41) is 5.04. The number of ether oxygens (including phenoxy) is 1. The SMILES string of the molecule is COc1ccc(-c2nc(CC(=O)N3CCN(Cc4cccs4)CC3)cs2)cc1. The highest BCUT2D eigenvalue weighted by atomic mass is 32.1. The molecule has 2 aromatic heterocycles. The van der Waals surface area contributed by atoms with Crippen molar-refractivity contribution in [1.29, 1.82) is 0 Å². The zero-order valence-electron chi connectivity index (χ0n) is 15.8. The number of nitrogens with zero attached hydrogens (tertiary/aromatic N) is 3. The molecule has 4 rings (SSSR count). The fourth-order valence-corrected chi connectivity index (χ4v) is 4.87. The van der Waals surface area contributed by atoms with E-state index in [1.165, 1.54) is 4.88 Å². The summed E-state index contributed by atoms with van der Waals surface area (Å²) in [5.74, 6) is 0.997. The summed E-state index contributed by atoms with van der Waals surface area (Å²) in [6, 6.07) is 12.1. The number of carbonyl (C=O) groups is 1. The van der Waals surface area contributed by atoms with Crippen molar-refractivity contribution in [3.8, 4) is 16.3 Å². The smallest absolute Gasteiger partial charge is 0.228 e. The van der Waals surface area contributed by atoms with Gasteiger partial charge in [-0.05, 0) is 35.7 Å². The van der Waals surface area contributed by atoms with Gasteiger partial charge in [-0.25, -0.2) is 4.98 Å². The molecular weight excluding hydrogens is 390 g/mol. The number of benzene rings is 1. The third-order valence-electron chi connectivity index (χ3n) is 4.91. The first-order valence-corrected chi connectivity index (χ1v) is 11.1. The van der Waals surface area contributed by atoms with E-state index in [-0.39, 0.29) is 5.91 Å². The summed E-state index contributed by atoms with van der Waals surface area (Å²) in [6.45, 7) is 4.42. The van der Waals surface area contributed by atoms with Crippen LogP contribution in [-0.4, -0.2) is 54.0 Å². The van der Waals surface area contributed by atoms with Crippen LogP contribution >= 0.6 is 22.7 Å². The average Bonchev–Trinajstić information content (AvgIpc) is 3.41. The molecule has 5 nitrogen and oxygen atoms in total. The Morgan fingerprint density at radius 1 is 1.11 bits per heavy atom. The van der Waals surface area contributed by atoms with Crippen molar-refractivity contribution in [2.45, 2.75) is 13.0 Å². The van der Waals surface area contributed by atoms with Crippen LogP contribution < -0.4 is 4.74 Å². The minimum Gasteiger partial charge on any atom is -0.497 e. The average molecular weight is 414 g/mol. The van der Waals surface area contributed by atoms with Crippen LogP contribution in [0.5, 0.6) is 5.75 Å². The second kappa shape index (κ2) is 8.86. The maximum absolute atomic E-state index is 12.7. The van der Waals surface area contributed by atoms with Crippen LogP contribution in [0.15, 0.2) is 47.2 Å². The van der Waals surface area contributed by atoms with Crippen molar-refractivity contribution < 1.29 is 9.53 Å². The largest absolute Gasteiger partial charge is 0.497 e. The molecule has 7 heteroatoms. The van der Waals surface area contributed by atoms with Crippen molar-refractivity contribution in [2.24, 2.45) is 0 Å².